The predicted octanol–water partition coefficient (Wildman–Crippen LogP) is 5.82. The smallest absolute Gasteiger partial charge is 0.195 e. The normalized spacial score (nSPS) is 10.6. The van der Waals surface area contributed by atoms with Crippen LogP contribution in [-0.4, -0.2) is 5.78 Å². The van der Waals surface area contributed by atoms with Gasteiger partial charge >= 0.3 is 0 Å². The largest absolute Gasteiger partial charge is 0.289 e. The highest BCUT2D eigenvalue weighted by atomic mass is 79.9. The number of carbonyl (C=O) groups is 1. The highest BCUT2D eigenvalue weighted by Crippen LogP contribution is 2.30. The molecule has 2 aromatic carbocycles. The number of carbonyl (C=O) groups excluding carboxylic acids is 1. The van der Waals surface area contributed by atoms with Gasteiger partial charge in [-0.25, -0.2) is 0 Å². The van der Waals surface area contributed by atoms with Crippen molar-refractivity contribution < 1.29 is 4.79 Å². The summed E-state index contributed by atoms with van der Waals surface area (Å²) in [5, 5.41) is 0. The summed E-state index contributed by atoms with van der Waals surface area (Å²) >= 11 is 10.4. The van der Waals surface area contributed by atoms with Crippen LogP contribution in [0, 0.1) is 13.8 Å². The molecule has 0 aromatic heterocycles. The topological polar surface area (TPSA) is 17.1 Å². The van der Waals surface area contributed by atoms with Gasteiger partial charge in [0.05, 0.1) is 0 Å². The van der Waals surface area contributed by atoms with E-state index in [9.17, 15) is 4.79 Å². The van der Waals surface area contributed by atoms with E-state index in [1.165, 1.54) is 0 Å². The zero-order valence-electron chi connectivity index (χ0n) is 10.4. The summed E-state index contributed by atoms with van der Waals surface area (Å²) < 4.78 is 2.60. The Labute approximate surface area is 137 Å². The standard InChI is InChI=1S/C15H11Br3O/c1-8-4-3-5-10(14(8)18)15(19)11-7-12(16)9(2)6-13(11)17/h3-7H,1-2H3. The maximum Gasteiger partial charge on any atom is 0.195 e. The minimum atomic E-state index is 0.00292. The number of aryl methyl sites for hydroxylation is 2. The third-order valence-corrected chi connectivity index (χ3v) is 5.49. The SMILES string of the molecule is Cc1cc(Br)c(C(=O)c2cccc(C)c2Br)cc1Br. The molecule has 0 N–H and O–H groups in total. The van der Waals surface area contributed by atoms with Crippen LogP contribution in [0.3, 0.4) is 0 Å². The maximum absolute atomic E-state index is 12.6. The molecule has 0 spiro atoms. The average molecular weight is 447 g/mol. The van der Waals surface area contributed by atoms with Crippen LogP contribution in [0.4, 0.5) is 0 Å². The molecule has 0 fully saturated rings. The molecule has 0 atom stereocenters. The molecule has 0 aliphatic carbocycles. The number of hydrogen-bond acceptors (Lipinski definition) is 1. The van der Waals surface area contributed by atoms with Gasteiger partial charge in [0.1, 0.15) is 0 Å². The molecule has 98 valence electrons. The van der Waals surface area contributed by atoms with Crippen molar-refractivity contribution in [2.75, 3.05) is 0 Å². The second kappa shape index (κ2) is 5.90. The van der Waals surface area contributed by atoms with Gasteiger partial charge in [-0.2, -0.15) is 0 Å². The van der Waals surface area contributed by atoms with Crippen LogP contribution < -0.4 is 0 Å². The van der Waals surface area contributed by atoms with E-state index >= 15 is 0 Å². The lowest BCUT2D eigenvalue weighted by atomic mass is 10.0. The molecule has 2 aromatic rings. The van der Waals surface area contributed by atoms with Crippen LogP contribution in [0.15, 0.2) is 43.7 Å². The molecule has 0 saturated carbocycles. The van der Waals surface area contributed by atoms with Crippen molar-refractivity contribution in [1.82, 2.24) is 0 Å². The molecule has 1 nitrogen and oxygen atoms in total. The van der Waals surface area contributed by atoms with E-state index in [4.69, 9.17) is 0 Å². The monoisotopic (exact) mass is 444 g/mol. The molecule has 0 heterocycles. The predicted molar refractivity (Wildman–Crippen MR) is 88.9 cm³/mol. The summed E-state index contributed by atoms with van der Waals surface area (Å²) in [6.45, 7) is 3.96. The van der Waals surface area contributed by atoms with Crippen LogP contribution in [0.5, 0.6) is 0 Å². The molecule has 0 unspecified atom stereocenters. The Kier molecular flexibility index (Phi) is 4.64. The fraction of sp³-hybridized carbons (Fsp3) is 0.133. The van der Waals surface area contributed by atoms with Crippen molar-refractivity contribution in [3.8, 4) is 0 Å². The average Bonchev–Trinajstić information content (AvgIpc) is 2.36. The Hall–Kier alpha value is -0.450. The first-order valence-corrected chi connectivity index (χ1v) is 8.05. The number of ketones is 1. The minimum absolute atomic E-state index is 0.00292. The molecular formula is C15H11Br3O. The summed E-state index contributed by atoms with van der Waals surface area (Å²) in [6, 6.07) is 9.50. The van der Waals surface area contributed by atoms with Crippen LogP contribution in [0.25, 0.3) is 0 Å². The second-order valence-corrected chi connectivity index (χ2v) is 6.85. The first-order chi connectivity index (χ1) is 8.91. The Balaban J connectivity index is 2.56. The first kappa shape index (κ1) is 14.9. The lowest BCUT2D eigenvalue weighted by Crippen LogP contribution is -2.04. The molecular weight excluding hydrogens is 436 g/mol. The van der Waals surface area contributed by atoms with E-state index in [0.717, 1.165) is 24.5 Å². The van der Waals surface area contributed by atoms with E-state index in [1.807, 2.05) is 44.2 Å². The quantitative estimate of drug-likeness (QED) is 0.531. The van der Waals surface area contributed by atoms with Gasteiger partial charge in [-0.15, -0.1) is 0 Å². The summed E-state index contributed by atoms with van der Waals surface area (Å²) in [5.74, 6) is 0.00292. The molecule has 0 saturated heterocycles. The number of halogens is 3. The summed E-state index contributed by atoms with van der Waals surface area (Å²) in [7, 11) is 0. The molecule has 4 heteroatoms. The Morgan fingerprint density at radius 1 is 0.895 bits per heavy atom. The Morgan fingerprint density at radius 2 is 1.58 bits per heavy atom. The fourth-order valence-corrected chi connectivity index (χ4v) is 3.21. The first-order valence-electron chi connectivity index (χ1n) is 5.67. The molecule has 0 amide bonds. The van der Waals surface area contributed by atoms with E-state index in [-0.39, 0.29) is 5.78 Å². The minimum Gasteiger partial charge on any atom is -0.289 e. The Bertz CT molecular complexity index is 663. The van der Waals surface area contributed by atoms with E-state index in [1.54, 1.807) is 0 Å². The highest BCUT2D eigenvalue weighted by molar-refractivity contribution is 9.11. The van der Waals surface area contributed by atoms with Gasteiger partial charge in [0.25, 0.3) is 0 Å². The van der Waals surface area contributed by atoms with E-state index in [2.05, 4.69) is 47.8 Å². The molecule has 0 radical (unpaired) electrons. The van der Waals surface area contributed by atoms with Crippen molar-refractivity contribution in [3.05, 3.63) is 66.0 Å². The van der Waals surface area contributed by atoms with Crippen LogP contribution in [0.2, 0.25) is 0 Å². The van der Waals surface area contributed by atoms with Gasteiger partial charge in [0.2, 0.25) is 0 Å². The van der Waals surface area contributed by atoms with Crippen LogP contribution in [-0.2, 0) is 0 Å². The zero-order chi connectivity index (χ0) is 14.2. The van der Waals surface area contributed by atoms with Crippen molar-refractivity contribution in [2.45, 2.75) is 13.8 Å². The molecule has 0 aliphatic heterocycles. The van der Waals surface area contributed by atoms with E-state index < -0.39 is 0 Å². The molecule has 19 heavy (non-hydrogen) atoms. The number of rotatable bonds is 2. The van der Waals surface area contributed by atoms with Crippen molar-refractivity contribution in [2.24, 2.45) is 0 Å². The summed E-state index contributed by atoms with van der Waals surface area (Å²) in [5.41, 5.74) is 3.47. The highest BCUT2D eigenvalue weighted by Gasteiger charge is 2.17. The van der Waals surface area contributed by atoms with Crippen molar-refractivity contribution >= 4 is 53.6 Å². The van der Waals surface area contributed by atoms with Gasteiger partial charge in [-0.05, 0) is 59.1 Å². The summed E-state index contributed by atoms with van der Waals surface area (Å²) in [6.07, 6.45) is 0. The van der Waals surface area contributed by atoms with Gasteiger partial charge < -0.3 is 0 Å². The Morgan fingerprint density at radius 3 is 2.26 bits per heavy atom. The summed E-state index contributed by atoms with van der Waals surface area (Å²) in [4.78, 5) is 12.6. The van der Waals surface area contributed by atoms with Crippen molar-refractivity contribution in [1.29, 1.82) is 0 Å². The molecule has 0 aliphatic rings. The van der Waals surface area contributed by atoms with Gasteiger partial charge in [0.15, 0.2) is 5.78 Å². The van der Waals surface area contributed by atoms with Crippen molar-refractivity contribution in [3.63, 3.8) is 0 Å². The molecule has 0 bridgehead atoms. The number of benzene rings is 2. The van der Waals surface area contributed by atoms with E-state index in [0.29, 0.717) is 11.1 Å². The maximum atomic E-state index is 12.6. The second-order valence-electron chi connectivity index (χ2n) is 4.35. The third-order valence-electron chi connectivity index (χ3n) is 2.93. The van der Waals surface area contributed by atoms with Crippen LogP contribution >= 0.6 is 47.8 Å². The number of hydrogen-bond donors (Lipinski definition) is 0. The fourth-order valence-electron chi connectivity index (χ4n) is 1.79. The third kappa shape index (κ3) is 3.01. The lowest BCUT2D eigenvalue weighted by Gasteiger charge is -2.09. The zero-order valence-corrected chi connectivity index (χ0v) is 15.2. The van der Waals surface area contributed by atoms with Gasteiger partial charge in [-0.3, -0.25) is 4.79 Å². The lowest BCUT2D eigenvalue weighted by molar-refractivity contribution is 0.103. The van der Waals surface area contributed by atoms with Gasteiger partial charge in [0, 0.05) is 24.5 Å². The van der Waals surface area contributed by atoms with Crippen LogP contribution in [0.1, 0.15) is 27.0 Å². The molecule has 2 rings (SSSR count). The van der Waals surface area contributed by atoms with Gasteiger partial charge in [-0.1, -0.05) is 44.0 Å².